The van der Waals surface area contributed by atoms with Crippen molar-refractivity contribution >= 4 is 0 Å². The second kappa shape index (κ2) is 9.73. The molecule has 1 unspecified atom stereocenters. The molecule has 19 heavy (non-hydrogen) atoms. The van der Waals surface area contributed by atoms with E-state index >= 15 is 0 Å². The molecule has 0 spiro atoms. The summed E-state index contributed by atoms with van der Waals surface area (Å²) in [6.07, 6.45) is 6.34. The fourth-order valence-electron chi connectivity index (χ4n) is 2.97. The van der Waals surface area contributed by atoms with Crippen molar-refractivity contribution in [1.29, 1.82) is 0 Å². The maximum atomic E-state index is 5.80. The van der Waals surface area contributed by atoms with Gasteiger partial charge in [0.1, 0.15) is 0 Å². The molecule has 0 aromatic rings. The Labute approximate surface area is 120 Å². The van der Waals surface area contributed by atoms with Gasteiger partial charge in [-0.25, -0.2) is 0 Å². The van der Waals surface area contributed by atoms with Gasteiger partial charge in [-0.1, -0.05) is 27.2 Å². The lowest BCUT2D eigenvalue weighted by Crippen LogP contribution is -2.49. The zero-order chi connectivity index (χ0) is 14.0. The zero-order valence-electron chi connectivity index (χ0n) is 13.3. The van der Waals surface area contributed by atoms with Crippen LogP contribution in [0.5, 0.6) is 0 Å². The Bertz CT molecular complexity index is 215. The first kappa shape index (κ1) is 16.9. The SMILES string of the molecule is CCCCN(CC)CC1(CNCCC)CCCOC1. The van der Waals surface area contributed by atoms with E-state index in [-0.39, 0.29) is 0 Å². The molecule has 3 nitrogen and oxygen atoms in total. The Kier molecular flexibility index (Phi) is 8.67. The first-order valence-electron chi connectivity index (χ1n) is 8.27. The lowest BCUT2D eigenvalue weighted by atomic mass is 9.81. The van der Waals surface area contributed by atoms with Gasteiger partial charge in [-0.3, -0.25) is 0 Å². The van der Waals surface area contributed by atoms with Crippen LogP contribution in [0.4, 0.5) is 0 Å². The molecule has 0 radical (unpaired) electrons. The van der Waals surface area contributed by atoms with Crippen LogP contribution >= 0.6 is 0 Å². The summed E-state index contributed by atoms with van der Waals surface area (Å²) in [5.74, 6) is 0. The largest absolute Gasteiger partial charge is 0.381 e. The quantitative estimate of drug-likeness (QED) is 0.618. The minimum absolute atomic E-state index is 0.344. The van der Waals surface area contributed by atoms with E-state index in [1.165, 1.54) is 45.2 Å². The standard InChI is InChI=1S/C16H34N2O/c1-4-7-11-18(6-3)14-16(13-17-10-5-2)9-8-12-19-15-16/h17H,4-15H2,1-3H3. The molecular weight excluding hydrogens is 236 g/mol. The Hall–Kier alpha value is -0.120. The third kappa shape index (κ3) is 6.24. The first-order valence-corrected chi connectivity index (χ1v) is 8.27. The van der Waals surface area contributed by atoms with E-state index in [9.17, 15) is 0 Å². The predicted molar refractivity (Wildman–Crippen MR) is 82.7 cm³/mol. The van der Waals surface area contributed by atoms with Crippen LogP contribution < -0.4 is 5.32 Å². The summed E-state index contributed by atoms with van der Waals surface area (Å²) in [5.41, 5.74) is 0.344. The molecule has 0 saturated carbocycles. The summed E-state index contributed by atoms with van der Waals surface area (Å²) in [6.45, 7) is 14.5. The number of ether oxygens (including phenoxy) is 1. The number of rotatable bonds is 10. The van der Waals surface area contributed by atoms with E-state index in [0.717, 1.165) is 32.8 Å². The molecule has 1 aliphatic heterocycles. The molecule has 0 amide bonds. The highest BCUT2D eigenvalue weighted by Crippen LogP contribution is 2.29. The minimum atomic E-state index is 0.344. The first-order chi connectivity index (χ1) is 9.26. The van der Waals surface area contributed by atoms with Gasteiger partial charge in [-0.15, -0.1) is 0 Å². The summed E-state index contributed by atoms with van der Waals surface area (Å²) in [6, 6.07) is 0. The number of nitrogens with one attached hydrogen (secondary N) is 1. The average molecular weight is 270 g/mol. The molecule has 0 aliphatic carbocycles. The number of hydrogen-bond donors (Lipinski definition) is 1. The maximum Gasteiger partial charge on any atom is 0.0546 e. The van der Waals surface area contributed by atoms with E-state index in [0.29, 0.717) is 5.41 Å². The van der Waals surface area contributed by atoms with Crippen LogP contribution in [-0.2, 0) is 4.74 Å². The van der Waals surface area contributed by atoms with Crippen molar-refractivity contribution in [3.63, 3.8) is 0 Å². The van der Waals surface area contributed by atoms with Gasteiger partial charge in [-0.05, 0) is 45.3 Å². The van der Waals surface area contributed by atoms with Crippen molar-refractivity contribution in [2.75, 3.05) is 45.9 Å². The van der Waals surface area contributed by atoms with Crippen LogP contribution in [0, 0.1) is 5.41 Å². The van der Waals surface area contributed by atoms with E-state index in [2.05, 4.69) is 31.0 Å². The Morgan fingerprint density at radius 2 is 2.05 bits per heavy atom. The van der Waals surface area contributed by atoms with Crippen LogP contribution in [0.2, 0.25) is 0 Å². The fourth-order valence-corrected chi connectivity index (χ4v) is 2.97. The highest BCUT2D eigenvalue weighted by atomic mass is 16.5. The number of hydrogen-bond acceptors (Lipinski definition) is 3. The zero-order valence-corrected chi connectivity index (χ0v) is 13.3. The lowest BCUT2D eigenvalue weighted by molar-refractivity contribution is -0.0256. The van der Waals surface area contributed by atoms with Gasteiger partial charge in [-0.2, -0.15) is 0 Å². The van der Waals surface area contributed by atoms with Gasteiger partial charge >= 0.3 is 0 Å². The lowest BCUT2D eigenvalue weighted by Gasteiger charge is -2.41. The molecule has 0 aromatic heterocycles. The summed E-state index contributed by atoms with van der Waals surface area (Å²) in [5, 5.41) is 3.62. The molecule has 1 rings (SSSR count). The second-order valence-electron chi connectivity index (χ2n) is 6.06. The van der Waals surface area contributed by atoms with Gasteiger partial charge in [0.25, 0.3) is 0 Å². The van der Waals surface area contributed by atoms with Crippen molar-refractivity contribution in [2.45, 2.75) is 52.9 Å². The monoisotopic (exact) mass is 270 g/mol. The fraction of sp³-hybridized carbons (Fsp3) is 1.00. The molecule has 114 valence electrons. The van der Waals surface area contributed by atoms with Crippen molar-refractivity contribution < 1.29 is 4.74 Å². The summed E-state index contributed by atoms with van der Waals surface area (Å²) in [7, 11) is 0. The predicted octanol–water partition coefficient (Wildman–Crippen LogP) is 2.90. The molecule has 1 aliphatic rings. The van der Waals surface area contributed by atoms with Crippen LogP contribution in [0.1, 0.15) is 52.9 Å². The molecule has 1 heterocycles. The molecule has 0 aromatic carbocycles. The van der Waals surface area contributed by atoms with Crippen molar-refractivity contribution in [3.8, 4) is 0 Å². The van der Waals surface area contributed by atoms with E-state index < -0.39 is 0 Å². The summed E-state index contributed by atoms with van der Waals surface area (Å²) in [4.78, 5) is 2.62. The normalized spacial score (nSPS) is 24.0. The molecule has 1 fully saturated rings. The minimum Gasteiger partial charge on any atom is -0.381 e. The average Bonchev–Trinajstić information content (AvgIpc) is 2.45. The molecule has 3 heteroatoms. The third-order valence-electron chi connectivity index (χ3n) is 4.16. The molecule has 0 bridgehead atoms. The van der Waals surface area contributed by atoms with E-state index in [1.807, 2.05) is 0 Å². The van der Waals surface area contributed by atoms with Gasteiger partial charge in [0.15, 0.2) is 0 Å². The highest BCUT2D eigenvalue weighted by molar-refractivity contribution is 4.87. The van der Waals surface area contributed by atoms with Gasteiger partial charge < -0.3 is 15.0 Å². The van der Waals surface area contributed by atoms with E-state index in [1.54, 1.807) is 0 Å². The molecule has 1 saturated heterocycles. The van der Waals surface area contributed by atoms with Crippen LogP contribution in [-0.4, -0.2) is 50.8 Å². The summed E-state index contributed by atoms with van der Waals surface area (Å²) >= 11 is 0. The van der Waals surface area contributed by atoms with Gasteiger partial charge in [0, 0.05) is 25.1 Å². The molecular formula is C16H34N2O. The smallest absolute Gasteiger partial charge is 0.0546 e. The number of unbranched alkanes of at least 4 members (excludes halogenated alkanes) is 1. The maximum absolute atomic E-state index is 5.80. The third-order valence-corrected chi connectivity index (χ3v) is 4.16. The molecule has 1 atom stereocenters. The van der Waals surface area contributed by atoms with Crippen LogP contribution in [0.25, 0.3) is 0 Å². The van der Waals surface area contributed by atoms with E-state index in [4.69, 9.17) is 4.74 Å². The highest BCUT2D eigenvalue weighted by Gasteiger charge is 2.34. The van der Waals surface area contributed by atoms with Crippen molar-refractivity contribution in [2.24, 2.45) is 5.41 Å². The van der Waals surface area contributed by atoms with Crippen molar-refractivity contribution in [1.82, 2.24) is 10.2 Å². The van der Waals surface area contributed by atoms with Gasteiger partial charge in [0.2, 0.25) is 0 Å². The molecule has 1 N–H and O–H groups in total. The van der Waals surface area contributed by atoms with Crippen LogP contribution in [0.15, 0.2) is 0 Å². The van der Waals surface area contributed by atoms with Crippen molar-refractivity contribution in [3.05, 3.63) is 0 Å². The number of nitrogens with zero attached hydrogens (tertiary/aromatic N) is 1. The van der Waals surface area contributed by atoms with Crippen LogP contribution in [0.3, 0.4) is 0 Å². The summed E-state index contributed by atoms with van der Waals surface area (Å²) < 4.78 is 5.80. The topological polar surface area (TPSA) is 24.5 Å². The Morgan fingerprint density at radius 3 is 2.63 bits per heavy atom. The van der Waals surface area contributed by atoms with Gasteiger partial charge in [0.05, 0.1) is 6.61 Å². The second-order valence-corrected chi connectivity index (χ2v) is 6.06. The Balaban J connectivity index is 2.50. The Morgan fingerprint density at radius 1 is 1.21 bits per heavy atom.